The van der Waals surface area contributed by atoms with Crippen LogP contribution >= 0.6 is 0 Å². The molecule has 1 aromatic carbocycles. The highest BCUT2D eigenvalue weighted by atomic mass is 19.2. The van der Waals surface area contributed by atoms with E-state index in [1.165, 1.54) is 0 Å². The Labute approximate surface area is 114 Å². The van der Waals surface area contributed by atoms with Crippen LogP contribution in [0.1, 0.15) is 44.2 Å². The molecule has 3 unspecified atom stereocenters. The van der Waals surface area contributed by atoms with Gasteiger partial charge in [0, 0.05) is 11.6 Å². The third kappa shape index (κ3) is 2.53. The van der Waals surface area contributed by atoms with E-state index in [-0.39, 0.29) is 5.92 Å². The lowest BCUT2D eigenvalue weighted by molar-refractivity contribution is 0.238. The Morgan fingerprint density at radius 3 is 1.90 bits per heavy atom. The smallest absolute Gasteiger partial charge is 0.200 e. The maximum Gasteiger partial charge on any atom is 0.200 e. The van der Waals surface area contributed by atoms with E-state index in [4.69, 9.17) is 5.73 Å². The molecule has 0 bridgehead atoms. The largest absolute Gasteiger partial charge is 0.324 e. The van der Waals surface area contributed by atoms with Crippen LogP contribution in [0.5, 0.6) is 0 Å². The van der Waals surface area contributed by atoms with E-state index in [1.54, 1.807) is 0 Å². The highest BCUT2D eigenvalue weighted by Gasteiger charge is 2.33. The zero-order chi connectivity index (χ0) is 15.0. The number of nitrogens with two attached hydrogens (primary N) is 1. The van der Waals surface area contributed by atoms with E-state index < -0.39 is 40.7 Å². The molecule has 0 amide bonds. The summed E-state index contributed by atoms with van der Waals surface area (Å²) >= 11 is 0. The van der Waals surface area contributed by atoms with Crippen molar-refractivity contribution in [2.45, 2.75) is 38.6 Å². The maximum absolute atomic E-state index is 13.7. The van der Waals surface area contributed by atoms with E-state index in [0.29, 0.717) is 18.8 Å². The van der Waals surface area contributed by atoms with Crippen molar-refractivity contribution in [3.05, 3.63) is 34.6 Å². The van der Waals surface area contributed by atoms with Crippen LogP contribution in [0.25, 0.3) is 0 Å². The van der Waals surface area contributed by atoms with Gasteiger partial charge in [-0.2, -0.15) is 0 Å². The van der Waals surface area contributed by atoms with Gasteiger partial charge >= 0.3 is 0 Å². The summed E-state index contributed by atoms with van der Waals surface area (Å²) in [7, 11) is 0. The molecule has 0 aromatic heterocycles. The van der Waals surface area contributed by atoms with Crippen LogP contribution in [0.3, 0.4) is 0 Å². The van der Waals surface area contributed by atoms with Gasteiger partial charge < -0.3 is 5.73 Å². The Balaban J connectivity index is 2.41. The van der Waals surface area contributed by atoms with Gasteiger partial charge in [0.05, 0.1) is 0 Å². The summed E-state index contributed by atoms with van der Waals surface area (Å²) in [4.78, 5) is 0. The van der Waals surface area contributed by atoms with E-state index in [9.17, 15) is 22.0 Å². The Morgan fingerprint density at radius 2 is 1.40 bits per heavy atom. The Kier molecular flexibility index (Phi) is 4.32. The van der Waals surface area contributed by atoms with E-state index >= 15 is 0 Å². The topological polar surface area (TPSA) is 26.0 Å². The minimum absolute atomic E-state index is 0.271. The van der Waals surface area contributed by atoms with E-state index in [1.807, 2.05) is 6.92 Å². The molecule has 3 atom stereocenters. The summed E-state index contributed by atoms with van der Waals surface area (Å²) in [6, 6.07) is -1.18. The Hall–Kier alpha value is -1.17. The van der Waals surface area contributed by atoms with Crippen molar-refractivity contribution in [3.63, 3.8) is 0 Å². The zero-order valence-corrected chi connectivity index (χ0v) is 11.0. The summed E-state index contributed by atoms with van der Waals surface area (Å²) in [5, 5.41) is 0. The van der Waals surface area contributed by atoms with Crippen molar-refractivity contribution in [3.8, 4) is 0 Å². The number of hydrogen-bond acceptors (Lipinski definition) is 1. The second kappa shape index (κ2) is 5.68. The fraction of sp³-hybridized carbons (Fsp3) is 0.571. The molecule has 1 nitrogen and oxygen atoms in total. The average Bonchev–Trinajstić information content (AvgIpc) is 2.43. The van der Waals surface area contributed by atoms with Crippen molar-refractivity contribution in [2.24, 2.45) is 17.6 Å². The molecule has 0 aliphatic heterocycles. The average molecular weight is 293 g/mol. The third-order valence-electron chi connectivity index (χ3n) is 4.06. The molecule has 1 aliphatic carbocycles. The van der Waals surface area contributed by atoms with Crippen LogP contribution in [0, 0.1) is 40.9 Å². The van der Waals surface area contributed by atoms with Crippen LogP contribution in [0.2, 0.25) is 0 Å². The first-order valence-electron chi connectivity index (χ1n) is 6.61. The lowest BCUT2D eigenvalue weighted by atomic mass is 9.77. The van der Waals surface area contributed by atoms with E-state index in [2.05, 4.69) is 0 Å². The van der Waals surface area contributed by atoms with Gasteiger partial charge in [-0.15, -0.1) is 0 Å². The van der Waals surface area contributed by atoms with Crippen LogP contribution in [0.4, 0.5) is 22.0 Å². The predicted octanol–water partition coefficient (Wildman–Crippen LogP) is 4.21. The monoisotopic (exact) mass is 293 g/mol. The quantitative estimate of drug-likeness (QED) is 0.493. The molecular formula is C14H16F5N. The van der Waals surface area contributed by atoms with Gasteiger partial charge in [-0.3, -0.25) is 0 Å². The fourth-order valence-corrected chi connectivity index (χ4v) is 2.96. The minimum Gasteiger partial charge on any atom is -0.324 e. The lowest BCUT2D eigenvalue weighted by Gasteiger charge is -2.31. The summed E-state index contributed by atoms with van der Waals surface area (Å²) in [6.45, 7) is 1.98. The molecule has 0 saturated heterocycles. The van der Waals surface area contributed by atoms with Gasteiger partial charge in [0.2, 0.25) is 5.82 Å². The second-order valence-electron chi connectivity index (χ2n) is 5.54. The SMILES string of the molecule is CC1CCCC(C(N)c2c(F)c(F)c(F)c(F)c2F)C1. The summed E-state index contributed by atoms with van der Waals surface area (Å²) in [5.41, 5.74) is 4.90. The summed E-state index contributed by atoms with van der Waals surface area (Å²) in [5.74, 6) is -9.57. The Morgan fingerprint density at radius 1 is 0.900 bits per heavy atom. The standard InChI is InChI=1S/C14H16F5N/c1-6-3-2-4-7(5-6)14(20)8-9(15)11(17)13(19)12(18)10(8)16/h6-7,14H,2-5,20H2,1H3. The van der Waals surface area contributed by atoms with Crippen LogP contribution in [-0.4, -0.2) is 0 Å². The Bertz CT molecular complexity index is 488. The fourth-order valence-electron chi connectivity index (χ4n) is 2.96. The van der Waals surface area contributed by atoms with Crippen LogP contribution < -0.4 is 5.73 Å². The van der Waals surface area contributed by atoms with E-state index in [0.717, 1.165) is 12.8 Å². The summed E-state index contributed by atoms with van der Waals surface area (Å²) in [6.07, 6.45) is 3.08. The van der Waals surface area contributed by atoms with Gasteiger partial charge in [0.15, 0.2) is 23.3 Å². The molecule has 2 N–H and O–H groups in total. The molecule has 1 aliphatic rings. The molecule has 6 heteroatoms. The molecular weight excluding hydrogens is 277 g/mol. The predicted molar refractivity (Wildman–Crippen MR) is 64.3 cm³/mol. The van der Waals surface area contributed by atoms with Gasteiger partial charge in [-0.1, -0.05) is 19.8 Å². The third-order valence-corrected chi connectivity index (χ3v) is 4.06. The van der Waals surface area contributed by atoms with Gasteiger partial charge in [-0.05, 0) is 24.7 Å². The first-order valence-corrected chi connectivity index (χ1v) is 6.61. The van der Waals surface area contributed by atoms with Crippen LogP contribution in [0.15, 0.2) is 0 Å². The minimum atomic E-state index is -2.15. The maximum atomic E-state index is 13.7. The summed E-state index contributed by atoms with van der Waals surface area (Å²) < 4.78 is 66.8. The van der Waals surface area contributed by atoms with Gasteiger partial charge in [0.25, 0.3) is 0 Å². The second-order valence-corrected chi connectivity index (χ2v) is 5.54. The van der Waals surface area contributed by atoms with Crippen molar-refractivity contribution in [1.82, 2.24) is 0 Å². The van der Waals surface area contributed by atoms with Gasteiger partial charge in [-0.25, -0.2) is 22.0 Å². The normalized spacial score (nSPS) is 24.8. The number of benzene rings is 1. The van der Waals surface area contributed by atoms with Crippen molar-refractivity contribution >= 4 is 0 Å². The highest BCUT2D eigenvalue weighted by molar-refractivity contribution is 5.27. The molecule has 0 radical (unpaired) electrons. The molecule has 2 rings (SSSR count). The molecule has 1 saturated carbocycles. The first-order chi connectivity index (χ1) is 9.34. The molecule has 20 heavy (non-hydrogen) atoms. The van der Waals surface area contributed by atoms with Gasteiger partial charge in [0.1, 0.15) is 0 Å². The molecule has 112 valence electrons. The first kappa shape index (κ1) is 15.2. The molecule has 1 fully saturated rings. The molecule has 0 heterocycles. The van der Waals surface area contributed by atoms with Crippen molar-refractivity contribution in [1.29, 1.82) is 0 Å². The number of halogens is 5. The van der Waals surface area contributed by atoms with Crippen LogP contribution in [-0.2, 0) is 0 Å². The molecule has 0 spiro atoms. The highest BCUT2D eigenvalue weighted by Crippen LogP contribution is 2.38. The van der Waals surface area contributed by atoms with Crippen molar-refractivity contribution < 1.29 is 22.0 Å². The number of hydrogen-bond donors (Lipinski definition) is 1. The van der Waals surface area contributed by atoms with Crippen molar-refractivity contribution in [2.75, 3.05) is 0 Å². The zero-order valence-electron chi connectivity index (χ0n) is 11.0. The lowest BCUT2D eigenvalue weighted by Crippen LogP contribution is -2.29. The molecule has 1 aromatic rings. The number of rotatable bonds is 2.